The first kappa shape index (κ1) is 12.9. The average molecular weight is 259 g/mol. The van der Waals surface area contributed by atoms with Crippen LogP contribution in [0.4, 0.5) is 0 Å². The van der Waals surface area contributed by atoms with Crippen LogP contribution < -0.4 is 0 Å². The van der Waals surface area contributed by atoms with Gasteiger partial charge < -0.3 is 9.47 Å². The Hall–Kier alpha value is -0.580. The molecular formula is C12H19ClN2O2. The number of ether oxygens (including phenoxy) is 2. The van der Waals surface area contributed by atoms with Crippen LogP contribution in [0.25, 0.3) is 0 Å². The van der Waals surface area contributed by atoms with E-state index in [2.05, 4.69) is 5.10 Å². The van der Waals surface area contributed by atoms with Crippen LogP contribution in [0.1, 0.15) is 24.1 Å². The van der Waals surface area contributed by atoms with Gasteiger partial charge in [-0.05, 0) is 25.7 Å². The number of nitrogens with zero attached hydrogens (tertiary/aromatic N) is 2. The highest BCUT2D eigenvalue weighted by atomic mass is 35.5. The second kappa shape index (κ2) is 5.85. The highest BCUT2D eigenvalue weighted by Crippen LogP contribution is 2.21. The van der Waals surface area contributed by atoms with Gasteiger partial charge in [-0.25, -0.2) is 0 Å². The van der Waals surface area contributed by atoms with Crippen LogP contribution in [-0.2, 0) is 23.1 Å². The van der Waals surface area contributed by atoms with E-state index in [9.17, 15) is 0 Å². The fourth-order valence-electron chi connectivity index (χ4n) is 2.08. The van der Waals surface area contributed by atoms with Crippen molar-refractivity contribution in [3.63, 3.8) is 0 Å². The fourth-order valence-corrected chi connectivity index (χ4v) is 2.31. The number of halogens is 1. The molecule has 1 aromatic heterocycles. The Balaban J connectivity index is 1.81. The van der Waals surface area contributed by atoms with Gasteiger partial charge in [0.05, 0.1) is 18.9 Å². The molecule has 1 aliphatic rings. The Morgan fingerprint density at radius 2 is 2.18 bits per heavy atom. The van der Waals surface area contributed by atoms with E-state index in [1.165, 1.54) is 0 Å². The Morgan fingerprint density at radius 1 is 1.47 bits per heavy atom. The van der Waals surface area contributed by atoms with Gasteiger partial charge in [-0.3, -0.25) is 4.68 Å². The normalized spacial score (nSPS) is 17.6. The predicted molar refractivity (Wildman–Crippen MR) is 66.2 cm³/mol. The van der Waals surface area contributed by atoms with Crippen molar-refractivity contribution < 1.29 is 9.47 Å². The van der Waals surface area contributed by atoms with Crippen LogP contribution in [0.15, 0.2) is 0 Å². The molecule has 0 amide bonds. The molecule has 2 rings (SSSR count). The van der Waals surface area contributed by atoms with Crippen molar-refractivity contribution in [2.75, 3.05) is 19.8 Å². The Kier molecular flexibility index (Phi) is 4.42. The maximum atomic E-state index is 6.14. The first-order valence-corrected chi connectivity index (χ1v) is 6.39. The highest BCUT2D eigenvalue weighted by Gasteiger charge is 2.15. The largest absolute Gasteiger partial charge is 0.381 e. The van der Waals surface area contributed by atoms with Crippen LogP contribution >= 0.6 is 11.6 Å². The highest BCUT2D eigenvalue weighted by molar-refractivity contribution is 6.30. The molecule has 0 radical (unpaired) electrons. The average Bonchev–Trinajstić information content (AvgIpc) is 2.57. The molecule has 0 N–H and O–H groups in total. The Morgan fingerprint density at radius 3 is 2.76 bits per heavy atom. The summed E-state index contributed by atoms with van der Waals surface area (Å²) in [5.74, 6) is 0.625. The van der Waals surface area contributed by atoms with Gasteiger partial charge in [0, 0.05) is 25.8 Å². The minimum Gasteiger partial charge on any atom is -0.381 e. The number of aryl methyl sites for hydroxylation is 2. The Labute approximate surface area is 107 Å². The molecule has 0 saturated carbocycles. The molecule has 1 fully saturated rings. The van der Waals surface area contributed by atoms with E-state index in [1.807, 2.05) is 14.0 Å². The van der Waals surface area contributed by atoms with E-state index in [1.54, 1.807) is 4.68 Å². The van der Waals surface area contributed by atoms with Crippen molar-refractivity contribution in [2.45, 2.75) is 26.4 Å². The van der Waals surface area contributed by atoms with Gasteiger partial charge in [0.15, 0.2) is 0 Å². The lowest BCUT2D eigenvalue weighted by Crippen LogP contribution is -2.20. The molecule has 0 aliphatic carbocycles. The van der Waals surface area contributed by atoms with E-state index < -0.39 is 0 Å². The molecule has 4 nitrogen and oxygen atoms in total. The molecule has 2 heterocycles. The lowest BCUT2D eigenvalue weighted by molar-refractivity contribution is 0.0156. The topological polar surface area (TPSA) is 36.3 Å². The van der Waals surface area contributed by atoms with Crippen LogP contribution in [0.5, 0.6) is 0 Å². The third-order valence-corrected chi connectivity index (χ3v) is 3.68. The summed E-state index contributed by atoms with van der Waals surface area (Å²) in [7, 11) is 1.84. The molecule has 5 heteroatoms. The minimum atomic E-state index is 0.551. The molecule has 0 bridgehead atoms. The maximum absolute atomic E-state index is 6.14. The molecule has 0 atom stereocenters. The van der Waals surface area contributed by atoms with E-state index in [0.717, 1.165) is 43.9 Å². The summed E-state index contributed by atoms with van der Waals surface area (Å²) in [4.78, 5) is 0. The second-order valence-corrected chi connectivity index (χ2v) is 4.91. The molecular weight excluding hydrogens is 240 g/mol. The van der Waals surface area contributed by atoms with E-state index in [-0.39, 0.29) is 0 Å². The summed E-state index contributed by atoms with van der Waals surface area (Å²) in [5, 5.41) is 4.94. The molecule has 1 aromatic rings. The third kappa shape index (κ3) is 3.21. The Bertz CT molecular complexity index is 373. The van der Waals surface area contributed by atoms with Gasteiger partial charge in [0.25, 0.3) is 0 Å². The van der Waals surface area contributed by atoms with Crippen LogP contribution in [-0.4, -0.2) is 29.6 Å². The van der Waals surface area contributed by atoms with Gasteiger partial charge in [0.2, 0.25) is 0 Å². The van der Waals surface area contributed by atoms with Gasteiger partial charge in [-0.2, -0.15) is 5.10 Å². The lowest BCUT2D eigenvalue weighted by atomic mass is 10.0. The summed E-state index contributed by atoms with van der Waals surface area (Å²) >= 11 is 6.14. The van der Waals surface area contributed by atoms with Gasteiger partial charge in [-0.15, -0.1) is 0 Å². The summed E-state index contributed by atoms with van der Waals surface area (Å²) in [6.45, 7) is 5.02. The van der Waals surface area contributed by atoms with E-state index >= 15 is 0 Å². The van der Waals surface area contributed by atoms with Gasteiger partial charge >= 0.3 is 0 Å². The quantitative estimate of drug-likeness (QED) is 0.832. The smallest absolute Gasteiger partial charge is 0.132 e. The first-order valence-electron chi connectivity index (χ1n) is 6.02. The van der Waals surface area contributed by atoms with Crippen molar-refractivity contribution in [3.05, 3.63) is 16.4 Å². The summed E-state index contributed by atoms with van der Waals surface area (Å²) in [6.07, 6.45) is 2.19. The van der Waals surface area contributed by atoms with Crippen molar-refractivity contribution >= 4 is 11.6 Å². The SMILES string of the molecule is Cc1nn(C)c(Cl)c1COCC1CCOCC1. The second-order valence-electron chi connectivity index (χ2n) is 4.55. The molecule has 96 valence electrons. The number of hydrogen-bond donors (Lipinski definition) is 0. The van der Waals surface area contributed by atoms with Crippen molar-refractivity contribution in [3.8, 4) is 0 Å². The predicted octanol–water partition coefficient (Wildman–Crippen LogP) is 2.33. The molecule has 0 unspecified atom stereocenters. The fraction of sp³-hybridized carbons (Fsp3) is 0.750. The lowest BCUT2D eigenvalue weighted by Gasteiger charge is -2.21. The number of rotatable bonds is 4. The molecule has 0 spiro atoms. The molecule has 0 aromatic carbocycles. The molecule has 1 aliphatic heterocycles. The van der Waals surface area contributed by atoms with E-state index in [0.29, 0.717) is 17.7 Å². The summed E-state index contributed by atoms with van der Waals surface area (Å²) in [5.41, 5.74) is 1.95. The zero-order valence-electron chi connectivity index (χ0n) is 10.4. The minimum absolute atomic E-state index is 0.551. The summed E-state index contributed by atoms with van der Waals surface area (Å²) < 4.78 is 12.7. The van der Waals surface area contributed by atoms with Crippen molar-refractivity contribution in [2.24, 2.45) is 13.0 Å². The maximum Gasteiger partial charge on any atom is 0.132 e. The first-order chi connectivity index (χ1) is 8.18. The monoisotopic (exact) mass is 258 g/mol. The third-order valence-electron chi connectivity index (χ3n) is 3.21. The van der Waals surface area contributed by atoms with Crippen LogP contribution in [0, 0.1) is 12.8 Å². The number of aromatic nitrogens is 2. The van der Waals surface area contributed by atoms with E-state index in [4.69, 9.17) is 21.1 Å². The van der Waals surface area contributed by atoms with Crippen LogP contribution in [0.3, 0.4) is 0 Å². The molecule has 1 saturated heterocycles. The van der Waals surface area contributed by atoms with Crippen molar-refractivity contribution in [1.29, 1.82) is 0 Å². The van der Waals surface area contributed by atoms with Gasteiger partial charge in [0.1, 0.15) is 5.15 Å². The number of hydrogen-bond acceptors (Lipinski definition) is 3. The van der Waals surface area contributed by atoms with Crippen molar-refractivity contribution in [1.82, 2.24) is 9.78 Å². The molecule has 17 heavy (non-hydrogen) atoms. The standard InChI is InChI=1S/C12H19ClN2O2/c1-9-11(12(13)15(2)14-9)8-17-7-10-3-5-16-6-4-10/h10H,3-8H2,1-2H3. The summed E-state index contributed by atoms with van der Waals surface area (Å²) in [6, 6.07) is 0. The van der Waals surface area contributed by atoms with Gasteiger partial charge in [-0.1, -0.05) is 11.6 Å². The van der Waals surface area contributed by atoms with Crippen LogP contribution in [0.2, 0.25) is 5.15 Å². The zero-order chi connectivity index (χ0) is 12.3. The zero-order valence-corrected chi connectivity index (χ0v) is 11.2.